The topological polar surface area (TPSA) is 40.5 Å². The molecule has 2 atom stereocenters. The van der Waals surface area contributed by atoms with Crippen LogP contribution in [-0.4, -0.2) is 23.7 Å². The molecule has 1 aliphatic heterocycles. The Balaban J connectivity index is 2.45. The van der Waals surface area contributed by atoms with Crippen molar-refractivity contribution in [2.75, 3.05) is 11.4 Å². The molecular formula is C14H16F3NO2. The van der Waals surface area contributed by atoms with E-state index >= 15 is 0 Å². The molecule has 1 saturated heterocycles. The summed E-state index contributed by atoms with van der Waals surface area (Å²) in [6.45, 7) is 4.69. The van der Waals surface area contributed by atoms with Crippen molar-refractivity contribution in [3.63, 3.8) is 0 Å². The number of alkyl halides is 3. The van der Waals surface area contributed by atoms with Gasteiger partial charge >= 0.3 is 12.1 Å². The van der Waals surface area contributed by atoms with E-state index in [9.17, 15) is 18.0 Å². The number of aromatic carboxylic acids is 1. The number of hydrogen-bond donors (Lipinski definition) is 1. The predicted octanol–water partition coefficient (Wildman–Crippen LogP) is 3.64. The van der Waals surface area contributed by atoms with Crippen molar-refractivity contribution < 1.29 is 23.1 Å². The van der Waals surface area contributed by atoms with E-state index in [1.165, 1.54) is 6.07 Å². The fourth-order valence-corrected chi connectivity index (χ4v) is 2.79. The van der Waals surface area contributed by atoms with Crippen LogP contribution in [0.5, 0.6) is 0 Å². The van der Waals surface area contributed by atoms with Crippen LogP contribution in [0, 0.1) is 5.92 Å². The number of carbonyl (C=O) groups is 1. The first-order chi connectivity index (χ1) is 9.20. The highest BCUT2D eigenvalue weighted by atomic mass is 19.4. The number of nitrogens with zero attached hydrogens (tertiary/aromatic N) is 1. The smallest absolute Gasteiger partial charge is 0.417 e. The normalized spacial score (nSPS) is 23.1. The number of carboxylic acids is 1. The Labute approximate surface area is 115 Å². The van der Waals surface area contributed by atoms with Crippen LogP contribution < -0.4 is 4.90 Å². The second-order valence-electron chi connectivity index (χ2n) is 5.38. The number of rotatable bonds is 2. The van der Waals surface area contributed by atoms with Gasteiger partial charge < -0.3 is 10.0 Å². The third-order valence-corrected chi connectivity index (χ3v) is 3.65. The molecule has 0 bridgehead atoms. The van der Waals surface area contributed by atoms with Gasteiger partial charge in [0.25, 0.3) is 0 Å². The van der Waals surface area contributed by atoms with Crippen LogP contribution in [0.15, 0.2) is 18.2 Å². The number of hydrogen-bond acceptors (Lipinski definition) is 2. The number of carboxylic acid groups (broad SMARTS) is 1. The first-order valence-electron chi connectivity index (χ1n) is 6.41. The van der Waals surface area contributed by atoms with E-state index in [2.05, 4.69) is 0 Å². The Morgan fingerprint density at radius 3 is 2.45 bits per heavy atom. The van der Waals surface area contributed by atoms with Crippen molar-refractivity contribution in [1.82, 2.24) is 0 Å². The van der Waals surface area contributed by atoms with Gasteiger partial charge in [-0.05, 0) is 37.5 Å². The Bertz CT molecular complexity index is 528. The molecule has 1 aliphatic rings. The highest BCUT2D eigenvalue weighted by Gasteiger charge is 2.37. The molecule has 1 heterocycles. The van der Waals surface area contributed by atoms with E-state index in [1.807, 2.05) is 18.7 Å². The van der Waals surface area contributed by atoms with Crippen LogP contribution >= 0.6 is 0 Å². The second kappa shape index (κ2) is 5.00. The van der Waals surface area contributed by atoms with Crippen molar-refractivity contribution >= 4 is 11.7 Å². The van der Waals surface area contributed by atoms with Gasteiger partial charge in [0.2, 0.25) is 0 Å². The summed E-state index contributed by atoms with van der Waals surface area (Å²) >= 11 is 0. The third kappa shape index (κ3) is 2.73. The van der Waals surface area contributed by atoms with E-state index in [0.717, 1.165) is 18.6 Å². The summed E-state index contributed by atoms with van der Waals surface area (Å²) in [5.74, 6) is -1.15. The molecule has 1 N–H and O–H groups in total. The van der Waals surface area contributed by atoms with Crippen LogP contribution in [-0.2, 0) is 6.18 Å². The van der Waals surface area contributed by atoms with Crippen molar-refractivity contribution in [2.45, 2.75) is 32.5 Å². The summed E-state index contributed by atoms with van der Waals surface area (Å²) < 4.78 is 38.9. The maximum Gasteiger partial charge on any atom is 0.417 e. The number of halogens is 3. The minimum Gasteiger partial charge on any atom is -0.478 e. The van der Waals surface area contributed by atoms with Crippen molar-refractivity contribution in [2.24, 2.45) is 5.92 Å². The lowest BCUT2D eigenvalue weighted by molar-refractivity contribution is -0.138. The van der Waals surface area contributed by atoms with E-state index < -0.39 is 23.3 Å². The van der Waals surface area contributed by atoms with Crippen LogP contribution in [0.2, 0.25) is 0 Å². The van der Waals surface area contributed by atoms with Gasteiger partial charge in [-0.25, -0.2) is 4.79 Å². The van der Waals surface area contributed by atoms with Gasteiger partial charge in [0.1, 0.15) is 0 Å². The fraction of sp³-hybridized carbons (Fsp3) is 0.500. The molecule has 1 aromatic rings. The van der Waals surface area contributed by atoms with E-state index in [1.54, 1.807) is 0 Å². The van der Waals surface area contributed by atoms with Crippen LogP contribution in [0.25, 0.3) is 0 Å². The number of anilines is 1. The fourth-order valence-electron chi connectivity index (χ4n) is 2.79. The largest absolute Gasteiger partial charge is 0.478 e. The molecule has 0 aromatic heterocycles. The Morgan fingerprint density at radius 2 is 2.00 bits per heavy atom. The Kier molecular flexibility index (Phi) is 3.67. The molecular weight excluding hydrogens is 271 g/mol. The zero-order chi connectivity index (χ0) is 15.1. The maximum absolute atomic E-state index is 13.0. The molecule has 1 fully saturated rings. The minimum atomic E-state index is -4.67. The van der Waals surface area contributed by atoms with Crippen molar-refractivity contribution in [3.05, 3.63) is 29.3 Å². The lowest BCUT2D eigenvalue weighted by Crippen LogP contribution is -2.27. The standard InChI is InChI=1S/C14H16F3NO2/c1-8-5-9(2)18(7-8)10-3-4-11(13(19)20)12(6-10)14(15,16)17/h3-4,6,8-9H,5,7H2,1-2H3,(H,19,20). The average molecular weight is 287 g/mol. The SMILES string of the molecule is CC1CC(C)N(c2ccc(C(=O)O)c(C(F)(F)F)c2)C1. The van der Waals surface area contributed by atoms with Gasteiger partial charge in [-0.2, -0.15) is 13.2 Å². The lowest BCUT2D eigenvalue weighted by Gasteiger charge is -2.25. The van der Waals surface area contributed by atoms with Crippen molar-refractivity contribution in [3.8, 4) is 0 Å². The summed E-state index contributed by atoms with van der Waals surface area (Å²) in [5, 5.41) is 8.87. The summed E-state index contributed by atoms with van der Waals surface area (Å²) in [4.78, 5) is 12.8. The quantitative estimate of drug-likeness (QED) is 0.902. The first-order valence-corrected chi connectivity index (χ1v) is 6.41. The van der Waals surface area contributed by atoms with Gasteiger partial charge in [0.15, 0.2) is 0 Å². The molecule has 3 nitrogen and oxygen atoms in total. The molecule has 1 aromatic carbocycles. The van der Waals surface area contributed by atoms with E-state index in [0.29, 0.717) is 18.2 Å². The Hall–Kier alpha value is -1.72. The van der Waals surface area contributed by atoms with E-state index in [-0.39, 0.29) is 6.04 Å². The molecule has 0 saturated carbocycles. The predicted molar refractivity (Wildman–Crippen MR) is 69.0 cm³/mol. The van der Waals surface area contributed by atoms with E-state index in [4.69, 9.17) is 5.11 Å². The molecule has 20 heavy (non-hydrogen) atoms. The molecule has 0 aliphatic carbocycles. The van der Waals surface area contributed by atoms with Gasteiger partial charge in [-0.3, -0.25) is 0 Å². The minimum absolute atomic E-state index is 0.154. The number of benzene rings is 1. The highest BCUT2D eigenvalue weighted by molar-refractivity contribution is 5.90. The Morgan fingerprint density at radius 1 is 1.35 bits per heavy atom. The molecule has 0 spiro atoms. The summed E-state index contributed by atoms with van der Waals surface area (Å²) in [7, 11) is 0. The van der Waals surface area contributed by atoms with Gasteiger partial charge in [0.05, 0.1) is 11.1 Å². The molecule has 110 valence electrons. The van der Waals surface area contributed by atoms with Gasteiger partial charge in [0, 0.05) is 18.3 Å². The molecule has 2 unspecified atom stereocenters. The molecule has 0 radical (unpaired) electrons. The first kappa shape index (κ1) is 14.7. The van der Waals surface area contributed by atoms with Crippen molar-refractivity contribution in [1.29, 1.82) is 0 Å². The summed E-state index contributed by atoms with van der Waals surface area (Å²) in [5.41, 5.74) is -1.37. The third-order valence-electron chi connectivity index (χ3n) is 3.65. The van der Waals surface area contributed by atoms with Crippen LogP contribution in [0.3, 0.4) is 0 Å². The molecule has 0 amide bonds. The average Bonchev–Trinajstić information content (AvgIpc) is 2.66. The monoisotopic (exact) mass is 287 g/mol. The zero-order valence-corrected chi connectivity index (χ0v) is 11.2. The highest BCUT2D eigenvalue weighted by Crippen LogP contribution is 2.37. The van der Waals surface area contributed by atoms with Gasteiger partial charge in [-0.1, -0.05) is 6.92 Å². The van der Waals surface area contributed by atoms with Crippen LogP contribution in [0.1, 0.15) is 36.2 Å². The van der Waals surface area contributed by atoms with Gasteiger partial charge in [-0.15, -0.1) is 0 Å². The maximum atomic E-state index is 13.0. The second-order valence-corrected chi connectivity index (χ2v) is 5.38. The summed E-state index contributed by atoms with van der Waals surface area (Å²) in [6.07, 6.45) is -3.75. The lowest BCUT2D eigenvalue weighted by atomic mass is 10.1. The zero-order valence-electron chi connectivity index (χ0n) is 11.2. The summed E-state index contributed by atoms with van der Waals surface area (Å²) in [6, 6.07) is 3.59. The molecule has 2 rings (SSSR count). The molecule has 6 heteroatoms. The van der Waals surface area contributed by atoms with Crippen LogP contribution in [0.4, 0.5) is 18.9 Å².